The van der Waals surface area contributed by atoms with Gasteiger partial charge in [0, 0.05) is 68.0 Å². The molecule has 1 aromatic rings. The molecule has 30 heteroatoms. The Balaban J connectivity index is 1.94. The Kier molecular flexibility index (Phi) is 33.8. The third-order valence-electron chi connectivity index (χ3n) is 20.1. The van der Waals surface area contributed by atoms with E-state index in [1.165, 1.54) is 97.3 Å². The molecule has 0 aromatic carbocycles. The largest absolute Gasteiger partial charge is 0.390 e. The Hall–Kier alpha value is -6.92. The topological polar surface area (TPSA) is 344 Å². The molecular weight excluding hydrogens is 1290 g/mol. The number of hydrogen-bond acceptors (Lipinski definition) is 18. The molecule has 4 heterocycles. The quantitative estimate of drug-likeness (QED) is 0.103. The third kappa shape index (κ3) is 22.8. The summed E-state index contributed by atoms with van der Waals surface area (Å²) < 4.78 is 11.9. The van der Waals surface area contributed by atoms with E-state index in [4.69, 9.17) is 9.47 Å². The average molecular weight is 1410 g/mol. The molecule has 1 unspecified atom stereocenters. The molecular formula is C70H124N16O14. The number of carbonyl (C=O) groups excluding carboxylic acids is 11. The number of hydrogen-bond donors (Lipinski definition) is 5. The molecule has 5 N–H and O–H groups in total. The van der Waals surface area contributed by atoms with Crippen molar-refractivity contribution in [2.24, 2.45) is 29.6 Å². The van der Waals surface area contributed by atoms with Crippen LogP contribution in [0.4, 0.5) is 0 Å². The lowest BCUT2D eigenvalue weighted by molar-refractivity contribution is -0.159. The molecule has 15 atom stereocenters. The van der Waals surface area contributed by atoms with Gasteiger partial charge in [-0.1, -0.05) is 82.1 Å². The normalized spacial score (nSPS) is 27.8. The van der Waals surface area contributed by atoms with Crippen LogP contribution in [0.15, 0.2) is 0 Å². The summed E-state index contributed by atoms with van der Waals surface area (Å²) in [5.74, 6) is -9.75. The van der Waals surface area contributed by atoms with Gasteiger partial charge in [0.2, 0.25) is 65.0 Å². The predicted molar refractivity (Wildman–Crippen MR) is 376 cm³/mol. The lowest BCUT2D eigenvalue weighted by atomic mass is 9.91. The number of aliphatic hydroxyl groups excluding tert-OH is 1. The van der Waals surface area contributed by atoms with Crippen LogP contribution in [-0.2, 0) is 68.8 Å². The number of ether oxygens (including phenoxy) is 2. The van der Waals surface area contributed by atoms with E-state index in [0.717, 1.165) is 31.0 Å². The van der Waals surface area contributed by atoms with E-state index in [-0.39, 0.29) is 44.1 Å². The van der Waals surface area contributed by atoms with Gasteiger partial charge in [0.25, 0.3) is 0 Å². The van der Waals surface area contributed by atoms with Crippen molar-refractivity contribution in [3.05, 3.63) is 5.82 Å². The molecule has 0 saturated carbocycles. The summed E-state index contributed by atoms with van der Waals surface area (Å²) in [7, 11) is 8.50. The van der Waals surface area contributed by atoms with E-state index in [1.807, 2.05) is 27.7 Å². The van der Waals surface area contributed by atoms with Crippen LogP contribution in [-0.4, -0.2) is 296 Å². The molecule has 3 aliphatic rings. The molecule has 3 fully saturated rings. The van der Waals surface area contributed by atoms with Crippen LogP contribution in [0.3, 0.4) is 0 Å². The number of carbonyl (C=O) groups is 11. The highest BCUT2D eigenvalue weighted by Crippen LogP contribution is 2.28. The van der Waals surface area contributed by atoms with Crippen LogP contribution in [0.5, 0.6) is 0 Å². The van der Waals surface area contributed by atoms with Crippen molar-refractivity contribution in [2.75, 3.05) is 81.7 Å². The van der Waals surface area contributed by atoms with Crippen LogP contribution in [0, 0.1) is 36.5 Å². The smallest absolute Gasteiger partial charge is 0.246 e. The minimum Gasteiger partial charge on any atom is -0.390 e. The van der Waals surface area contributed by atoms with Gasteiger partial charge in [-0.2, -0.15) is 4.80 Å². The maximum Gasteiger partial charge on any atom is 0.246 e. The molecule has 3 aliphatic heterocycles. The SMILES string of the molecule is CC[C@@H]1NC(=O)[C@H]([C@H](O)[C@H](C)CCCCCn2nnc(C)n2)NC(=O)[C@H](C(C)C)N(C)C(=O)[C@@H]2CC(C)N(C(=O)[C@H](C)NC(=O)[C@H](CC(C)C)N(C)C(=O)[C@H](C(C)C)NC(=O)[C@H]([C@@H](C)OCCCCN3CCOCC3)N(C)C(=O)[C@@H](C)N(C)C1=O)[C@H](C)C(=O)N(C)[C@@H](CC(C)C)C(=O)N2C. The Morgan fingerprint density at radius 1 is 0.550 bits per heavy atom. The number of morpholine rings is 1. The first-order chi connectivity index (χ1) is 46.8. The second-order valence-corrected chi connectivity index (χ2v) is 29.7. The number of aromatic nitrogens is 4. The van der Waals surface area contributed by atoms with Crippen LogP contribution in [0.2, 0.25) is 0 Å². The molecule has 3 saturated heterocycles. The Bertz CT molecular complexity index is 2910. The zero-order valence-corrected chi connectivity index (χ0v) is 64.1. The van der Waals surface area contributed by atoms with Crippen LogP contribution < -0.4 is 21.3 Å². The van der Waals surface area contributed by atoms with Gasteiger partial charge in [0.05, 0.1) is 32.0 Å². The van der Waals surface area contributed by atoms with Crippen molar-refractivity contribution in [1.82, 2.24) is 80.7 Å². The van der Waals surface area contributed by atoms with Gasteiger partial charge in [0.1, 0.15) is 66.5 Å². The summed E-state index contributed by atoms with van der Waals surface area (Å²) >= 11 is 0. The lowest BCUT2D eigenvalue weighted by Crippen LogP contribution is -2.65. The fourth-order valence-corrected chi connectivity index (χ4v) is 13.7. The average Bonchev–Trinajstić information content (AvgIpc) is 0.828. The van der Waals surface area contributed by atoms with Gasteiger partial charge < -0.3 is 70.1 Å². The highest BCUT2D eigenvalue weighted by Gasteiger charge is 2.48. The van der Waals surface area contributed by atoms with Gasteiger partial charge in [-0.25, -0.2) is 0 Å². The number of unbranched alkanes of at least 4 members (excludes halogenated alkanes) is 3. The van der Waals surface area contributed by atoms with E-state index in [0.29, 0.717) is 57.7 Å². The van der Waals surface area contributed by atoms with Crippen LogP contribution in [0.1, 0.15) is 174 Å². The van der Waals surface area contributed by atoms with Gasteiger partial charge in [-0.05, 0) is 134 Å². The minimum atomic E-state index is -1.74. The number of tetrazole rings is 1. The van der Waals surface area contributed by atoms with Crippen molar-refractivity contribution in [3.63, 3.8) is 0 Å². The Morgan fingerprint density at radius 2 is 1.11 bits per heavy atom. The number of aliphatic hydroxyl groups is 1. The van der Waals surface area contributed by atoms with Crippen molar-refractivity contribution in [1.29, 1.82) is 0 Å². The maximum absolute atomic E-state index is 15.6. The van der Waals surface area contributed by atoms with Gasteiger partial charge in [-0.15, -0.1) is 10.2 Å². The molecule has 100 heavy (non-hydrogen) atoms. The fraction of sp³-hybridized carbons (Fsp3) is 0.829. The summed E-state index contributed by atoms with van der Waals surface area (Å²) in [4.78, 5) is 179. The van der Waals surface area contributed by atoms with Crippen molar-refractivity contribution < 1.29 is 67.3 Å². The van der Waals surface area contributed by atoms with Crippen molar-refractivity contribution in [2.45, 2.75) is 266 Å². The van der Waals surface area contributed by atoms with Crippen molar-refractivity contribution in [3.8, 4) is 0 Å². The van der Waals surface area contributed by atoms with E-state index < -0.39 is 167 Å². The summed E-state index contributed by atoms with van der Waals surface area (Å²) in [5, 5.41) is 35.9. The molecule has 11 amide bonds. The molecule has 0 radical (unpaired) electrons. The molecule has 0 aliphatic carbocycles. The first-order valence-electron chi connectivity index (χ1n) is 36.3. The predicted octanol–water partition coefficient (Wildman–Crippen LogP) is 1.83. The van der Waals surface area contributed by atoms with E-state index in [2.05, 4.69) is 41.6 Å². The summed E-state index contributed by atoms with van der Waals surface area (Å²) in [6.07, 6.45) is 1.09. The number of amides is 11. The third-order valence-corrected chi connectivity index (χ3v) is 20.1. The fourth-order valence-electron chi connectivity index (χ4n) is 13.7. The zero-order chi connectivity index (χ0) is 75.5. The second kappa shape index (κ2) is 39.5. The second-order valence-electron chi connectivity index (χ2n) is 29.7. The van der Waals surface area contributed by atoms with E-state index in [9.17, 15) is 24.3 Å². The lowest BCUT2D eigenvalue weighted by Gasteiger charge is -2.45. The monoisotopic (exact) mass is 1410 g/mol. The van der Waals surface area contributed by atoms with Gasteiger partial charge in [-0.3, -0.25) is 57.6 Å². The highest BCUT2D eigenvalue weighted by atomic mass is 16.5. The zero-order valence-electron chi connectivity index (χ0n) is 64.1. The molecule has 0 spiro atoms. The molecule has 568 valence electrons. The number of nitrogens with zero attached hydrogens (tertiary/aromatic N) is 12. The number of rotatable bonds is 22. The van der Waals surface area contributed by atoms with Crippen LogP contribution in [0.25, 0.3) is 0 Å². The standard InChI is InChI=1S/C70H124N16O14/c1-23-51-67(95)78(17)47(13)65(93)83(22)58(49(15)100-34-28-27-30-84-32-35-99-36-33-84)63(91)73-55(42(6)7)70(98)79(18)52(37-40(2)3)60(88)71-46(12)64(92)86-45(11)39-54(81(20)68(96)53(38-41(4)5)80(19)66(94)48(86)14)69(97)82(21)57(43(8)9)62(90)74-56(61(89)72-51)59(87)44(10)29-25-24-26-31-85-76-50(16)75-77-85/h40-49,51-59,87H,23-39H2,1-22H3,(H,71,88)(H,72,89)(H,73,91)(H,74,90)/t44-,45?,46+,47-,48-,49-,51+,52+,53+,54+,55+,56+,57+,58+,59-/m1/s1. The number of nitrogens with one attached hydrogen (secondary N) is 4. The van der Waals surface area contributed by atoms with Gasteiger partial charge in [0.15, 0.2) is 5.82 Å². The van der Waals surface area contributed by atoms with E-state index in [1.54, 1.807) is 62.3 Å². The molecule has 30 nitrogen and oxygen atoms in total. The number of likely N-dealkylation sites (N-methyl/N-ethyl adjacent to an activating group) is 6. The summed E-state index contributed by atoms with van der Waals surface area (Å²) in [6.45, 7) is 31.5. The Labute approximate surface area is 594 Å². The number of aryl methyl sites for hydroxylation is 2. The summed E-state index contributed by atoms with van der Waals surface area (Å²) in [6, 6.07) is -15.9. The summed E-state index contributed by atoms with van der Waals surface area (Å²) in [5.41, 5.74) is 0. The first-order valence-corrected chi connectivity index (χ1v) is 36.3. The van der Waals surface area contributed by atoms with Gasteiger partial charge >= 0.3 is 0 Å². The Morgan fingerprint density at radius 3 is 1.68 bits per heavy atom. The first kappa shape index (κ1) is 85.5. The molecule has 1 aromatic heterocycles. The minimum absolute atomic E-state index is 0.0288. The van der Waals surface area contributed by atoms with Crippen molar-refractivity contribution >= 4 is 65.0 Å². The van der Waals surface area contributed by atoms with E-state index >= 15 is 33.6 Å². The molecule has 2 bridgehead atoms. The van der Waals surface area contributed by atoms with Crippen LogP contribution >= 0.6 is 0 Å². The maximum atomic E-state index is 15.6. The highest BCUT2D eigenvalue weighted by molar-refractivity contribution is 6.00. The number of fused-ring (bicyclic) bond motifs is 3. The molecule has 4 rings (SSSR count).